The molecule has 0 saturated carbocycles. The highest BCUT2D eigenvalue weighted by molar-refractivity contribution is 5.82. The Morgan fingerprint density at radius 3 is 3.20 bits per heavy atom. The second-order valence-corrected chi connectivity index (χ2v) is 4.23. The Balaban J connectivity index is 2.24. The fourth-order valence-electron chi connectivity index (χ4n) is 2.15. The fourth-order valence-corrected chi connectivity index (χ4v) is 2.15. The van der Waals surface area contributed by atoms with Gasteiger partial charge in [-0.25, -0.2) is 4.98 Å². The Morgan fingerprint density at radius 2 is 2.47 bits per heavy atom. The van der Waals surface area contributed by atoms with Crippen molar-refractivity contribution in [2.45, 2.75) is 19.8 Å². The molecule has 0 N–H and O–H groups in total. The zero-order chi connectivity index (χ0) is 10.7. The Bertz CT molecular complexity index is 351. The quantitative estimate of drug-likeness (QED) is 0.692. The molecule has 0 unspecified atom stereocenters. The number of aldehydes is 1. The molecule has 0 bridgehead atoms. The van der Waals surface area contributed by atoms with Crippen LogP contribution in [-0.2, 0) is 0 Å². The molecule has 0 amide bonds. The van der Waals surface area contributed by atoms with Gasteiger partial charge >= 0.3 is 0 Å². The Labute approximate surface area is 90.1 Å². The first kappa shape index (κ1) is 10.1. The number of piperidine rings is 1. The van der Waals surface area contributed by atoms with Crippen LogP contribution in [0.1, 0.15) is 30.1 Å². The second-order valence-electron chi connectivity index (χ2n) is 4.23. The molecule has 1 fully saturated rings. The van der Waals surface area contributed by atoms with Crippen LogP contribution in [-0.4, -0.2) is 24.4 Å². The molecule has 1 aliphatic rings. The van der Waals surface area contributed by atoms with Crippen molar-refractivity contribution in [2.75, 3.05) is 18.0 Å². The van der Waals surface area contributed by atoms with Gasteiger partial charge in [-0.1, -0.05) is 6.92 Å². The maximum Gasteiger partial charge on any atom is 0.153 e. The Hall–Kier alpha value is -1.38. The average Bonchev–Trinajstić information content (AvgIpc) is 2.29. The predicted octanol–water partition coefficient (Wildman–Crippen LogP) is 2.13. The van der Waals surface area contributed by atoms with Crippen molar-refractivity contribution in [3.05, 3.63) is 23.9 Å². The van der Waals surface area contributed by atoms with E-state index in [0.717, 1.165) is 25.2 Å². The molecule has 1 aromatic heterocycles. The van der Waals surface area contributed by atoms with E-state index in [1.807, 2.05) is 6.07 Å². The lowest BCUT2D eigenvalue weighted by Crippen LogP contribution is -2.35. The molecular formula is C12H16N2O. The first-order valence-corrected chi connectivity index (χ1v) is 5.46. The summed E-state index contributed by atoms with van der Waals surface area (Å²) >= 11 is 0. The van der Waals surface area contributed by atoms with E-state index in [9.17, 15) is 4.79 Å². The topological polar surface area (TPSA) is 33.2 Å². The minimum Gasteiger partial charge on any atom is -0.356 e. The van der Waals surface area contributed by atoms with Crippen molar-refractivity contribution < 1.29 is 4.79 Å². The molecule has 0 aliphatic carbocycles. The first-order chi connectivity index (χ1) is 7.31. The number of carbonyl (C=O) groups is 1. The molecule has 0 spiro atoms. The third kappa shape index (κ3) is 2.17. The molecule has 2 rings (SSSR count). The van der Waals surface area contributed by atoms with Crippen LogP contribution < -0.4 is 4.90 Å². The summed E-state index contributed by atoms with van der Waals surface area (Å²) in [7, 11) is 0. The number of rotatable bonds is 2. The van der Waals surface area contributed by atoms with Crippen molar-refractivity contribution >= 4 is 12.1 Å². The summed E-state index contributed by atoms with van der Waals surface area (Å²) in [5.41, 5.74) is 0.701. The van der Waals surface area contributed by atoms with E-state index < -0.39 is 0 Å². The van der Waals surface area contributed by atoms with Crippen LogP contribution in [0.4, 0.5) is 5.82 Å². The lowest BCUT2D eigenvalue weighted by Gasteiger charge is -2.32. The van der Waals surface area contributed by atoms with Gasteiger partial charge in [-0.05, 0) is 30.9 Å². The molecule has 80 valence electrons. The molecule has 3 nitrogen and oxygen atoms in total. The number of carbonyl (C=O) groups excluding carboxylic acids is 1. The van der Waals surface area contributed by atoms with Crippen molar-refractivity contribution in [3.8, 4) is 0 Å². The lowest BCUT2D eigenvalue weighted by molar-refractivity contribution is 0.112. The smallest absolute Gasteiger partial charge is 0.153 e. The fraction of sp³-hybridized carbons (Fsp3) is 0.500. The van der Waals surface area contributed by atoms with Crippen molar-refractivity contribution in [1.82, 2.24) is 4.98 Å². The number of hydrogen-bond donors (Lipinski definition) is 0. The first-order valence-electron chi connectivity index (χ1n) is 5.46. The van der Waals surface area contributed by atoms with Gasteiger partial charge in [0.1, 0.15) is 5.82 Å². The number of anilines is 1. The molecule has 1 saturated heterocycles. The number of aromatic nitrogens is 1. The normalized spacial score (nSPS) is 21.4. The zero-order valence-electron chi connectivity index (χ0n) is 9.02. The van der Waals surface area contributed by atoms with Gasteiger partial charge in [0.25, 0.3) is 0 Å². The van der Waals surface area contributed by atoms with Gasteiger partial charge in [0.2, 0.25) is 0 Å². The minimum atomic E-state index is 0.695. The molecule has 15 heavy (non-hydrogen) atoms. The summed E-state index contributed by atoms with van der Waals surface area (Å²) in [4.78, 5) is 17.4. The predicted molar refractivity (Wildman–Crippen MR) is 60.2 cm³/mol. The van der Waals surface area contributed by atoms with Crippen LogP contribution in [0, 0.1) is 5.92 Å². The third-order valence-electron chi connectivity index (χ3n) is 2.90. The standard InChI is InChI=1S/C12H16N2O/c1-10-4-3-7-14(8-10)12-11(9-15)5-2-6-13-12/h2,5-6,9-10H,3-4,7-8H2,1H3/t10-/m1/s1. The summed E-state index contributed by atoms with van der Waals surface area (Å²) < 4.78 is 0. The van der Waals surface area contributed by atoms with Gasteiger partial charge in [0.15, 0.2) is 6.29 Å². The Kier molecular flexibility index (Phi) is 2.99. The Morgan fingerprint density at radius 1 is 1.60 bits per heavy atom. The SMILES string of the molecule is C[C@@H]1CCCN(c2ncccc2C=O)C1. The maximum absolute atomic E-state index is 10.9. The maximum atomic E-state index is 10.9. The van der Waals surface area contributed by atoms with Gasteiger partial charge in [-0.15, -0.1) is 0 Å². The van der Waals surface area contributed by atoms with E-state index in [4.69, 9.17) is 0 Å². The third-order valence-corrected chi connectivity index (χ3v) is 2.90. The van der Waals surface area contributed by atoms with Crippen LogP contribution in [0.3, 0.4) is 0 Å². The zero-order valence-corrected chi connectivity index (χ0v) is 9.02. The molecule has 0 aromatic carbocycles. The molecule has 1 atom stereocenters. The molecule has 3 heteroatoms. The molecule has 1 aliphatic heterocycles. The van der Waals surface area contributed by atoms with Crippen LogP contribution in [0.25, 0.3) is 0 Å². The van der Waals surface area contributed by atoms with Gasteiger partial charge in [0.05, 0.1) is 5.56 Å². The van der Waals surface area contributed by atoms with Crippen LogP contribution in [0.5, 0.6) is 0 Å². The van der Waals surface area contributed by atoms with Gasteiger partial charge in [-0.2, -0.15) is 0 Å². The minimum absolute atomic E-state index is 0.695. The van der Waals surface area contributed by atoms with Gasteiger partial charge in [0, 0.05) is 19.3 Å². The monoisotopic (exact) mass is 204 g/mol. The molecular weight excluding hydrogens is 188 g/mol. The van der Waals surface area contributed by atoms with E-state index in [-0.39, 0.29) is 0 Å². The van der Waals surface area contributed by atoms with E-state index >= 15 is 0 Å². The average molecular weight is 204 g/mol. The van der Waals surface area contributed by atoms with Gasteiger partial charge in [-0.3, -0.25) is 4.79 Å². The van der Waals surface area contributed by atoms with E-state index in [1.54, 1.807) is 12.3 Å². The highest BCUT2D eigenvalue weighted by Crippen LogP contribution is 2.22. The lowest BCUT2D eigenvalue weighted by atomic mass is 10.00. The van der Waals surface area contributed by atoms with E-state index in [1.165, 1.54) is 12.8 Å². The molecule has 1 aromatic rings. The van der Waals surface area contributed by atoms with Crippen molar-refractivity contribution in [2.24, 2.45) is 5.92 Å². The number of pyridine rings is 1. The highest BCUT2D eigenvalue weighted by Gasteiger charge is 2.19. The van der Waals surface area contributed by atoms with Crippen LogP contribution in [0.15, 0.2) is 18.3 Å². The summed E-state index contributed by atoms with van der Waals surface area (Å²) in [6.07, 6.45) is 5.11. The van der Waals surface area contributed by atoms with Crippen molar-refractivity contribution in [3.63, 3.8) is 0 Å². The largest absolute Gasteiger partial charge is 0.356 e. The second kappa shape index (κ2) is 4.43. The van der Waals surface area contributed by atoms with Gasteiger partial charge < -0.3 is 4.90 Å². The number of nitrogens with zero attached hydrogens (tertiary/aromatic N) is 2. The van der Waals surface area contributed by atoms with Crippen molar-refractivity contribution in [1.29, 1.82) is 0 Å². The summed E-state index contributed by atoms with van der Waals surface area (Å²) in [5, 5.41) is 0. The van der Waals surface area contributed by atoms with Crippen LogP contribution >= 0.6 is 0 Å². The summed E-state index contributed by atoms with van der Waals surface area (Å²) in [5.74, 6) is 1.54. The summed E-state index contributed by atoms with van der Waals surface area (Å²) in [6, 6.07) is 3.63. The van der Waals surface area contributed by atoms with E-state index in [2.05, 4.69) is 16.8 Å². The highest BCUT2D eigenvalue weighted by atomic mass is 16.1. The molecule has 0 radical (unpaired) electrons. The van der Waals surface area contributed by atoms with E-state index in [0.29, 0.717) is 11.5 Å². The number of hydrogen-bond acceptors (Lipinski definition) is 3. The van der Waals surface area contributed by atoms with Crippen LogP contribution in [0.2, 0.25) is 0 Å². The molecule has 2 heterocycles. The summed E-state index contributed by atoms with van der Waals surface area (Å²) in [6.45, 7) is 4.27.